The second-order valence-electron chi connectivity index (χ2n) is 4.84. The summed E-state index contributed by atoms with van der Waals surface area (Å²) in [7, 11) is 0. The summed E-state index contributed by atoms with van der Waals surface area (Å²) in [4.78, 5) is 7.31. The normalized spacial score (nSPS) is 16.5. The molecule has 0 radical (unpaired) electrons. The maximum atomic E-state index is 5.69. The Morgan fingerprint density at radius 1 is 1.44 bits per heavy atom. The van der Waals surface area contributed by atoms with Gasteiger partial charge in [-0.05, 0) is 31.9 Å². The second-order valence-corrected chi connectivity index (χ2v) is 5.28. The number of hydrogen-bond acceptors (Lipinski definition) is 3. The molecule has 98 valence electrons. The Kier molecular flexibility index (Phi) is 4.53. The zero-order chi connectivity index (χ0) is 13.0. The van der Waals surface area contributed by atoms with E-state index in [-0.39, 0.29) is 0 Å². The highest BCUT2D eigenvalue weighted by Gasteiger charge is 2.21. The van der Waals surface area contributed by atoms with E-state index in [0.29, 0.717) is 11.0 Å². The molecular formula is C14H21N3S. The van der Waals surface area contributed by atoms with Crippen LogP contribution in [0.1, 0.15) is 44.6 Å². The average molecular weight is 263 g/mol. The van der Waals surface area contributed by atoms with Gasteiger partial charge in [0.2, 0.25) is 0 Å². The highest BCUT2D eigenvalue weighted by Crippen LogP contribution is 2.26. The Hall–Kier alpha value is -1.16. The highest BCUT2D eigenvalue weighted by atomic mass is 32.1. The number of pyridine rings is 1. The second kappa shape index (κ2) is 6.14. The van der Waals surface area contributed by atoms with Gasteiger partial charge in [-0.25, -0.2) is 4.98 Å². The van der Waals surface area contributed by atoms with Crippen LogP contribution in [0.15, 0.2) is 18.3 Å². The first-order valence-corrected chi connectivity index (χ1v) is 7.15. The van der Waals surface area contributed by atoms with Crippen LogP contribution < -0.4 is 10.6 Å². The zero-order valence-corrected chi connectivity index (χ0v) is 11.7. The third-order valence-electron chi connectivity index (χ3n) is 3.68. The van der Waals surface area contributed by atoms with Gasteiger partial charge in [0.25, 0.3) is 0 Å². The van der Waals surface area contributed by atoms with Crippen LogP contribution in [0, 0.1) is 0 Å². The van der Waals surface area contributed by atoms with Gasteiger partial charge >= 0.3 is 0 Å². The van der Waals surface area contributed by atoms with Crippen molar-refractivity contribution in [1.29, 1.82) is 0 Å². The lowest BCUT2D eigenvalue weighted by molar-refractivity contribution is 0.416. The monoisotopic (exact) mass is 263 g/mol. The minimum atomic E-state index is 0.443. The zero-order valence-electron chi connectivity index (χ0n) is 10.9. The van der Waals surface area contributed by atoms with E-state index in [1.807, 2.05) is 12.1 Å². The first-order chi connectivity index (χ1) is 8.72. The van der Waals surface area contributed by atoms with Crippen molar-refractivity contribution in [2.45, 2.75) is 45.1 Å². The van der Waals surface area contributed by atoms with E-state index in [9.17, 15) is 0 Å². The van der Waals surface area contributed by atoms with Gasteiger partial charge in [-0.15, -0.1) is 0 Å². The lowest BCUT2D eigenvalue weighted by Crippen LogP contribution is -2.37. The third-order valence-corrected chi connectivity index (χ3v) is 3.92. The fourth-order valence-electron chi connectivity index (χ4n) is 2.73. The van der Waals surface area contributed by atoms with E-state index >= 15 is 0 Å². The molecule has 0 atom stereocenters. The topological polar surface area (TPSA) is 42.1 Å². The molecule has 0 unspecified atom stereocenters. The number of thiocarbonyl (C=S) groups is 1. The molecule has 0 saturated heterocycles. The fourth-order valence-corrected chi connectivity index (χ4v) is 2.86. The van der Waals surface area contributed by atoms with Crippen molar-refractivity contribution in [1.82, 2.24) is 4.98 Å². The Labute approximate surface area is 114 Å². The molecule has 1 aliphatic rings. The van der Waals surface area contributed by atoms with E-state index < -0.39 is 0 Å². The molecule has 0 aromatic carbocycles. The Balaban J connectivity index is 2.20. The number of nitrogens with two attached hydrogens (primary N) is 1. The highest BCUT2D eigenvalue weighted by molar-refractivity contribution is 7.80. The largest absolute Gasteiger partial charge is 0.389 e. The molecule has 2 rings (SSSR count). The summed E-state index contributed by atoms with van der Waals surface area (Å²) in [6.45, 7) is 3.17. The molecule has 1 aromatic rings. The van der Waals surface area contributed by atoms with Gasteiger partial charge in [-0.2, -0.15) is 0 Å². The van der Waals surface area contributed by atoms with Crippen LogP contribution in [0.25, 0.3) is 0 Å². The molecule has 0 aliphatic heterocycles. The minimum Gasteiger partial charge on any atom is -0.389 e. The molecule has 1 aromatic heterocycles. The molecule has 3 nitrogen and oxygen atoms in total. The minimum absolute atomic E-state index is 0.443. The summed E-state index contributed by atoms with van der Waals surface area (Å²) in [6.07, 6.45) is 8.37. The average Bonchev–Trinajstić information content (AvgIpc) is 2.41. The molecule has 4 heteroatoms. The Morgan fingerprint density at radius 3 is 2.78 bits per heavy atom. The van der Waals surface area contributed by atoms with Crippen molar-refractivity contribution >= 4 is 23.0 Å². The predicted octanol–water partition coefficient (Wildman–Crippen LogP) is 2.87. The summed E-state index contributed by atoms with van der Waals surface area (Å²) >= 11 is 5.03. The van der Waals surface area contributed by atoms with Crippen LogP contribution in [0.2, 0.25) is 0 Å². The Bertz CT molecular complexity index is 413. The van der Waals surface area contributed by atoms with Crippen molar-refractivity contribution in [2.75, 3.05) is 11.4 Å². The maximum Gasteiger partial charge on any atom is 0.129 e. The molecular weight excluding hydrogens is 242 g/mol. The summed E-state index contributed by atoms with van der Waals surface area (Å²) in [5, 5.41) is 0. The fraction of sp³-hybridized carbons (Fsp3) is 0.571. The van der Waals surface area contributed by atoms with Crippen LogP contribution in [-0.4, -0.2) is 22.6 Å². The van der Waals surface area contributed by atoms with Crippen molar-refractivity contribution < 1.29 is 0 Å². The van der Waals surface area contributed by atoms with Gasteiger partial charge in [0.05, 0.1) is 0 Å². The Morgan fingerprint density at radius 2 is 2.17 bits per heavy atom. The molecule has 0 spiro atoms. The van der Waals surface area contributed by atoms with Gasteiger partial charge in [0.1, 0.15) is 10.8 Å². The number of nitrogens with zero attached hydrogens (tertiary/aromatic N) is 2. The van der Waals surface area contributed by atoms with Gasteiger partial charge in [-0.3, -0.25) is 0 Å². The molecule has 18 heavy (non-hydrogen) atoms. The van der Waals surface area contributed by atoms with E-state index in [1.54, 1.807) is 6.20 Å². The molecule has 1 saturated carbocycles. The predicted molar refractivity (Wildman–Crippen MR) is 80.0 cm³/mol. The van der Waals surface area contributed by atoms with Crippen molar-refractivity contribution in [3.8, 4) is 0 Å². The summed E-state index contributed by atoms with van der Waals surface area (Å²) < 4.78 is 0. The lowest BCUT2D eigenvalue weighted by atomic mass is 9.94. The van der Waals surface area contributed by atoms with Crippen molar-refractivity contribution in [2.24, 2.45) is 5.73 Å². The van der Waals surface area contributed by atoms with Gasteiger partial charge in [-0.1, -0.05) is 31.5 Å². The lowest BCUT2D eigenvalue weighted by Gasteiger charge is -2.34. The standard InChI is InChI=1S/C14H21N3S/c1-2-17(12-6-4-3-5-7-12)13-10-11(14(15)18)8-9-16-13/h8-10,12H,2-7H2,1H3,(H2,15,18). The summed E-state index contributed by atoms with van der Waals surface area (Å²) in [6, 6.07) is 4.51. The molecule has 1 fully saturated rings. The number of aromatic nitrogens is 1. The van der Waals surface area contributed by atoms with E-state index in [1.165, 1.54) is 32.1 Å². The molecule has 0 bridgehead atoms. The van der Waals surface area contributed by atoms with Crippen LogP contribution in [0.3, 0.4) is 0 Å². The van der Waals surface area contributed by atoms with Crippen molar-refractivity contribution in [3.63, 3.8) is 0 Å². The molecule has 1 heterocycles. The first kappa shape index (κ1) is 13.3. The number of hydrogen-bond donors (Lipinski definition) is 1. The summed E-state index contributed by atoms with van der Waals surface area (Å²) in [5.74, 6) is 1.01. The summed E-state index contributed by atoms with van der Waals surface area (Å²) in [5.41, 5.74) is 6.59. The van der Waals surface area contributed by atoms with Crippen LogP contribution in [-0.2, 0) is 0 Å². The van der Waals surface area contributed by atoms with E-state index in [4.69, 9.17) is 18.0 Å². The van der Waals surface area contributed by atoms with Crippen LogP contribution in [0.4, 0.5) is 5.82 Å². The third kappa shape index (κ3) is 2.99. The van der Waals surface area contributed by atoms with Crippen molar-refractivity contribution in [3.05, 3.63) is 23.9 Å². The SMILES string of the molecule is CCN(c1cc(C(N)=S)ccn1)C1CCCCC1. The van der Waals surface area contributed by atoms with E-state index in [0.717, 1.165) is 17.9 Å². The van der Waals surface area contributed by atoms with E-state index in [2.05, 4.69) is 16.8 Å². The van der Waals surface area contributed by atoms with Gasteiger partial charge < -0.3 is 10.6 Å². The quantitative estimate of drug-likeness (QED) is 0.848. The van der Waals surface area contributed by atoms with Gasteiger partial charge in [0, 0.05) is 24.3 Å². The molecule has 2 N–H and O–H groups in total. The molecule has 0 amide bonds. The number of anilines is 1. The molecule has 1 aliphatic carbocycles. The first-order valence-electron chi connectivity index (χ1n) is 6.75. The maximum absolute atomic E-state index is 5.69. The van der Waals surface area contributed by atoms with Gasteiger partial charge in [0.15, 0.2) is 0 Å². The van der Waals surface area contributed by atoms with Crippen LogP contribution >= 0.6 is 12.2 Å². The van der Waals surface area contributed by atoms with Crippen LogP contribution in [0.5, 0.6) is 0 Å². The number of rotatable bonds is 4. The smallest absolute Gasteiger partial charge is 0.129 e.